The molecule has 1 aromatic heterocycles. The maximum atomic E-state index is 14.5. The molecule has 158 valence electrons. The van der Waals surface area contributed by atoms with Gasteiger partial charge >= 0.3 is 0 Å². The molecule has 1 fully saturated rings. The van der Waals surface area contributed by atoms with E-state index in [1.165, 1.54) is 18.2 Å². The number of nitrogens with zero attached hydrogens (tertiary/aromatic N) is 2. The van der Waals surface area contributed by atoms with Gasteiger partial charge in [-0.1, -0.05) is 36.4 Å². The standard InChI is InChI=1S/C27H20F2N2O/c28-20-8-10-21(11-9-20)31-26-14-7-19(15-17(26)16-30-31)27(32,18-5-6-18)24-12-13-25(29)23-4-2-1-3-22(23)24/h1-4,7-16,18,32H,5-6H2. The number of hydrogen-bond donors (Lipinski definition) is 1. The lowest BCUT2D eigenvalue weighted by Gasteiger charge is -2.31. The van der Waals surface area contributed by atoms with Crippen molar-refractivity contribution in [3.05, 3.63) is 108 Å². The van der Waals surface area contributed by atoms with E-state index in [0.29, 0.717) is 5.39 Å². The molecule has 6 rings (SSSR count). The molecule has 5 aromatic rings. The molecule has 1 saturated carbocycles. The van der Waals surface area contributed by atoms with Crippen LogP contribution in [0.3, 0.4) is 0 Å². The highest BCUT2D eigenvalue weighted by Gasteiger charge is 2.47. The maximum absolute atomic E-state index is 14.5. The van der Waals surface area contributed by atoms with Crippen LogP contribution >= 0.6 is 0 Å². The molecule has 4 aromatic carbocycles. The van der Waals surface area contributed by atoms with Crippen LogP contribution in [0.2, 0.25) is 0 Å². The Hall–Kier alpha value is -3.57. The number of aliphatic hydroxyl groups is 1. The van der Waals surface area contributed by atoms with Gasteiger partial charge in [-0.3, -0.25) is 0 Å². The minimum Gasteiger partial charge on any atom is -0.380 e. The van der Waals surface area contributed by atoms with E-state index in [9.17, 15) is 13.9 Å². The van der Waals surface area contributed by atoms with Gasteiger partial charge in [-0.05, 0) is 77.7 Å². The van der Waals surface area contributed by atoms with Crippen LogP contribution < -0.4 is 0 Å². The van der Waals surface area contributed by atoms with Crippen LogP contribution in [-0.2, 0) is 5.60 Å². The predicted octanol–water partition coefficient (Wildman–Crippen LogP) is 6.10. The Labute approximate surface area is 183 Å². The van der Waals surface area contributed by atoms with Crippen molar-refractivity contribution in [3.8, 4) is 5.69 Å². The van der Waals surface area contributed by atoms with Crippen molar-refractivity contribution in [3.63, 3.8) is 0 Å². The van der Waals surface area contributed by atoms with Gasteiger partial charge in [-0.15, -0.1) is 0 Å². The third-order valence-electron chi connectivity index (χ3n) is 6.53. The zero-order valence-corrected chi connectivity index (χ0v) is 17.2. The number of rotatable bonds is 4. The van der Waals surface area contributed by atoms with E-state index >= 15 is 0 Å². The van der Waals surface area contributed by atoms with E-state index in [1.54, 1.807) is 41.2 Å². The van der Waals surface area contributed by atoms with Crippen molar-refractivity contribution in [2.75, 3.05) is 0 Å². The highest BCUT2D eigenvalue weighted by atomic mass is 19.1. The zero-order chi connectivity index (χ0) is 21.9. The van der Waals surface area contributed by atoms with E-state index in [-0.39, 0.29) is 17.6 Å². The van der Waals surface area contributed by atoms with Gasteiger partial charge in [0.25, 0.3) is 0 Å². The lowest BCUT2D eigenvalue weighted by atomic mass is 9.79. The Balaban J connectivity index is 1.52. The molecule has 0 saturated heterocycles. The minimum atomic E-state index is -1.22. The molecule has 3 nitrogen and oxygen atoms in total. The second kappa shape index (κ2) is 6.97. The molecule has 1 heterocycles. The van der Waals surface area contributed by atoms with Crippen LogP contribution in [-0.4, -0.2) is 14.9 Å². The van der Waals surface area contributed by atoms with E-state index in [4.69, 9.17) is 0 Å². The van der Waals surface area contributed by atoms with Crippen molar-refractivity contribution >= 4 is 21.7 Å². The van der Waals surface area contributed by atoms with Crippen LogP contribution in [0.15, 0.2) is 85.1 Å². The summed E-state index contributed by atoms with van der Waals surface area (Å²) in [5.41, 5.74) is 1.89. The summed E-state index contributed by atoms with van der Waals surface area (Å²) in [6.07, 6.45) is 3.57. The van der Waals surface area contributed by atoms with Crippen LogP contribution in [0.5, 0.6) is 0 Å². The molecule has 0 spiro atoms. The molecule has 5 heteroatoms. The number of aromatic nitrogens is 2. The summed E-state index contributed by atoms with van der Waals surface area (Å²) in [5, 5.41) is 18.7. The Morgan fingerprint density at radius 3 is 2.38 bits per heavy atom. The smallest absolute Gasteiger partial charge is 0.131 e. The fourth-order valence-electron chi connectivity index (χ4n) is 4.76. The summed E-state index contributed by atoms with van der Waals surface area (Å²) in [7, 11) is 0. The average Bonchev–Trinajstić information content (AvgIpc) is 3.59. The van der Waals surface area contributed by atoms with Crippen molar-refractivity contribution in [2.45, 2.75) is 18.4 Å². The Bertz CT molecular complexity index is 1470. The molecule has 1 N–H and O–H groups in total. The van der Waals surface area contributed by atoms with E-state index < -0.39 is 5.60 Å². The second-order valence-electron chi connectivity index (χ2n) is 8.49. The summed E-state index contributed by atoms with van der Waals surface area (Å²) >= 11 is 0. The highest BCUT2D eigenvalue weighted by Crippen LogP contribution is 2.51. The normalized spacial score (nSPS) is 15.8. The van der Waals surface area contributed by atoms with Crippen molar-refractivity contribution in [2.24, 2.45) is 5.92 Å². The van der Waals surface area contributed by atoms with Gasteiger partial charge in [0.15, 0.2) is 0 Å². The van der Waals surface area contributed by atoms with E-state index in [2.05, 4.69) is 5.10 Å². The largest absolute Gasteiger partial charge is 0.380 e. The van der Waals surface area contributed by atoms with Gasteiger partial charge in [0.05, 0.1) is 17.4 Å². The third kappa shape index (κ3) is 2.85. The van der Waals surface area contributed by atoms with E-state index in [0.717, 1.165) is 45.9 Å². The Kier molecular flexibility index (Phi) is 4.17. The molecule has 1 aliphatic rings. The first-order valence-corrected chi connectivity index (χ1v) is 10.7. The Morgan fingerprint density at radius 1 is 0.875 bits per heavy atom. The fourth-order valence-corrected chi connectivity index (χ4v) is 4.76. The third-order valence-corrected chi connectivity index (χ3v) is 6.53. The van der Waals surface area contributed by atoms with Gasteiger partial charge < -0.3 is 5.11 Å². The number of fused-ring (bicyclic) bond motifs is 2. The topological polar surface area (TPSA) is 38.1 Å². The van der Waals surface area contributed by atoms with Crippen molar-refractivity contribution in [1.82, 2.24) is 9.78 Å². The Morgan fingerprint density at radius 2 is 1.62 bits per heavy atom. The molecular weight excluding hydrogens is 406 g/mol. The molecule has 0 aliphatic heterocycles. The molecule has 0 radical (unpaired) electrons. The van der Waals surface area contributed by atoms with Gasteiger partial charge in [0.1, 0.15) is 17.2 Å². The molecule has 1 aliphatic carbocycles. The fraction of sp³-hybridized carbons (Fsp3) is 0.148. The summed E-state index contributed by atoms with van der Waals surface area (Å²) in [4.78, 5) is 0. The van der Waals surface area contributed by atoms with E-state index in [1.807, 2.05) is 30.3 Å². The first kappa shape index (κ1) is 19.1. The lowest BCUT2D eigenvalue weighted by molar-refractivity contribution is 0.0580. The number of benzene rings is 4. The molecule has 1 atom stereocenters. The molecule has 1 unspecified atom stereocenters. The van der Waals surface area contributed by atoms with Crippen LogP contribution in [0, 0.1) is 17.6 Å². The van der Waals surface area contributed by atoms with Gasteiger partial charge in [-0.2, -0.15) is 5.10 Å². The SMILES string of the molecule is OC(c1ccc2c(cnn2-c2ccc(F)cc2)c1)(c1ccc(F)c2ccccc12)C1CC1. The summed E-state index contributed by atoms with van der Waals surface area (Å²) in [6.45, 7) is 0. The first-order chi connectivity index (χ1) is 15.6. The van der Waals surface area contributed by atoms with Crippen molar-refractivity contribution < 1.29 is 13.9 Å². The highest BCUT2D eigenvalue weighted by molar-refractivity contribution is 5.88. The van der Waals surface area contributed by atoms with Gasteiger partial charge in [0, 0.05) is 10.8 Å². The second-order valence-corrected chi connectivity index (χ2v) is 8.49. The molecule has 0 amide bonds. The first-order valence-electron chi connectivity index (χ1n) is 10.7. The number of halogens is 2. The molecule has 32 heavy (non-hydrogen) atoms. The zero-order valence-electron chi connectivity index (χ0n) is 17.2. The summed E-state index contributed by atoms with van der Waals surface area (Å²) < 4.78 is 29.5. The van der Waals surface area contributed by atoms with Gasteiger partial charge in [0.2, 0.25) is 0 Å². The minimum absolute atomic E-state index is 0.0703. The molecule has 0 bridgehead atoms. The van der Waals surface area contributed by atoms with Crippen LogP contribution in [0.25, 0.3) is 27.4 Å². The maximum Gasteiger partial charge on any atom is 0.131 e. The quantitative estimate of drug-likeness (QED) is 0.377. The van der Waals surface area contributed by atoms with Gasteiger partial charge in [-0.25, -0.2) is 13.5 Å². The monoisotopic (exact) mass is 426 g/mol. The van der Waals surface area contributed by atoms with Crippen LogP contribution in [0.1, 0.15) is 24.0 Å². The number of hydrogen-bond acceptors (Lipinski definition) is 2. The predicted molar refractivity (Wildman–Crippen MR) is 121 cm³/mol. The summed E-state index contributed by atoms with van der Waals surface area (Å²) in [5.74, 6) is -0.520. The van der Waals surface area contributed by atoms with Crippen LogP contribution in [0.4, 0.5) is 8.78 Å². The van der Waals surface area contributed by atoms with Crippen molar-refractivity contribution in [1.29, 1.82) is 0 Å². The lowest BCUT2D eigenvalue weighted by Crippen LogP contribution is -2.30. The average molecular weight is 426 g/mol. The summed E-state index contributed by atoms with van der Waals surface area (Å²) in [6, 6.07) is 22.4. The molecular formula is C27H20F2N2O.